The maximum atomic E-state index is 13.5. The molecule has 2 aromatic rings. The molecule has 2 aliphatic rings. The molecule has 5 nitrogen and oxygen atoms in total. The van der Waals surface area contributed by atoms with Crippen LogP contribution in [0.2, 0.25) is 0 Å². The molecule has 0 radical (unpaired) electrons. The van der Waals surface area contributed by atoms with Gasteiger partial charge in [-0.2, -0.15) is 0 Å². The van der Waals surface area contributed by atoms with Crippen molar-refractivity contribution in [1.82, 2.24) is 4.90 Å². The Hall–Kier alpha value is -2.37. The third-order valence-electron chi connectivity index (χ3n) is 6.50. The molecular weight excluding hydrogens is 398 g/mol. The van der Waals surface area contributed by atoms with Crippen molar-refractivity contribution < 1.29 is 9.59 Å². The van der Waals surface area contributed by atoms with Gasteiger partial charge >= 0.3 is 0 Å². The second kappa shape index (κ2) is 9.19. The van der Waals surface area contributed by atoms with Crippen molar-refractivity contribution in [2.75, 3.05) is 25.0 Å². The van der Waals surface area contributed by atoms with Gasteiger partial charge in [0.05, 0.1) is 5.41 Å². The van der Waals surface area contributed by atoms with E-state index in [1.165, 1.54) is 0 Å². The van der Waals surface area contributed by atoms with Crippen LogP contribution < -0.4 is 10.6 Å². The summed E-state index contributed by atoms with van der Waals surface area (Å²) in [6, 6.07) is 18.3. The maximum Gasteiger partial charge on any atom is 0.237 e. The highest BCUT2D eigenvalue weighted by Gasteiger charge is 2.49. The molecule has 2 N–H and O–H groups in total. The van der Waals surface area contributed by atoms with Gasteiger partial charge in [0.1, 0.15) is 0 Å². The minimum absolute atomic E-state index is 0. The van der Waals surface area contributed by atoms with E-state index >= 15 is 0 Å². The van der Waals surface area contributed by atoms with Gasteiger partial charge in [-0.3, -0.25) is 9.59 Å². The third kappa shape index (κ3) is 4.09. The number of likely N-dealkylation sites (N-methyl/N-ethyl adjacent to an activating group) is 1. The third-order valence-corrected chi connectivity index (χ3v) is 6.50. The minimum Gasteiger partial charge on any atom is -0.343 e. The van der Waals surface area contributed by atoms with Crippen molar-refractivity contribution in [2.24, 2.45) is 5.73 Å². The normalized spacial score (nSPS) is 21.3. The van der Waals surface area contributed by atoms with Gasteiger partial charge in [0.25, 0.3) is 0 Å². The number of fused-ring (bicyclic) bond motifs is 1. The molecule has 2 amide bonds. The number of para-hydroxylation sites is 1. The lowest BCUT2D eigenvalue weighted by Crippen LogP contribution is -2.45. The fourth-order valence-corrected chi connectivity index (χ4v) is 4.79. The van der Waals surface area contributed by atoms with Gasteiger partial charge in [-0.15, -0.1) is 12.4 Å². The largest absolute Gasteiger partial charge is 0.343 e. The topological polar surface area (TPSA) is 66.6 Å². The molecule has 0 aliphatic carbocycles. The Balaban J connectivity index is 0.00000256. The standard InChI is InChI=1S/C24H29N3O2.ClH/c1-26-21-10-6-5-9-20(21)24(23(26)29,17-18-7-3-2-4-8-18)14-11-22(28)27-15-12-19(25)13-16-27;/h2-10,19H,11-17,25H2,1H3;1H. The second-order valence-electron chi connectivity index (χ2n) is 8.34. The van der Waals surface area contributed by atoms with E-state index in [2.05, 4.69) is 12.1 Å². The maximum absolute atomic E-state index is 13.5. The zero-order chi connectivity index (χ0) is 20.4. The molecule has 0 aromatic heterocycles. The van der Waals surface area contributed by atoms with Crippen molar-refractivity contribution >= 4 is 29.9 Å². The van der Waals surface area contributed by atoms with Crippen LogP contribution in [0.15, 0.2) is 54.6 Å². The number of piperidine rings is 1. The Morgan fingerprint density at radius 3 is 2.40 bits per heavy atom. The van der Waals surface area contributed by atoms with Crippen molar-refractivity contribution in [3.05, 3.63) is 65.7 Å². The Bertz CT molecular complexity index is 896. The number of carbonyl (C=O) groups excluding carboxylic acids is 2. The fraction of sp³-hybridized carbons (Fsp3) is 0.417. The van der Waals surface area contributed by atoms with Crippen LogP contribution in [0.4, 0.5) is 5.69 Å². The highest BCUT2D eigenvalue weighted by Crippen LogP contribution is 2.46. The van der Waals surface area contributed by atoms with Crippen molar-refractivity contribution in [3.63, 3.8) is 0 Å². The number of likely N-dealkylation sites (tertiary alicyclic amines) is 1. The Kier molecular flexibility index (Phi) is 6.84. The zero-order valence-corrected chi connectivity index (χ0v) is 18.2. The van der Waals surface area contributed by atoms with Crippen LogP contribution in [0.1, 0.15) is 36.8 Å². The van der Waals surface area contributed by atoms with Crippen LogP contribution >= 0.6 is 12.4 Å². The van der Waals surface area contributed by atoms with E-state index < -0.39 is 5.41 Å². The molecule has 1 unspecified atom stereocenters. The van der Waals surface area contributed by atoms with Gasteiger partial charge in [-0.05, 0) is 42.9 Å². The van der Waals surface area contributed by atoms with Crippen LogP contribution in [0.25, 0.3) is 0 Å². The molecule has 1 atom stereocenters. The lowest BCUT2D eigenvalue weighted by molar-refractivity contribution is -0.133. The molecule has 2 aromatic carbocycles. The number of anilines is 1. The van der Waals surface area contributed by atoms with E-state index in [1.807, 2.05) is 54.4 Å². The summed E-state index contributed by atoms with van der Waals surface area (Å²) < 4.78 is 0. The second-order valence-corrected chi connectivity index (χ2v) is 8.34. The van der Waals surface area contributed by atoms with Crippen molar-refractivity contribution in [2.45, 2.75) is 43.6 Å². The van der Waals surface area contributed by atoms with E-state index in [1.54, 1.807) is 4.90 Å². The number of nitrogens with zero attached hydrogens (tertiary/aromatic N) is 2. The predicted octanol–water partition coefficient (Wildman–Crippen LogP) is 3.30. The molecular formula is C24H30ClN3O2. The van der Waals surface area contributed by atoms with Crippen LogP contribution in [-0.2, 0) is 21.4 Å². The average molecular weight is 428 g/mol. The first-order chi connectivity index (χ1) is 14.0. The summed E-state index contributed by atoms with van der Waals surface area (Å²) in [5.74, 6) is 0.209. The number of carbonyl (C=O) groups is 2. The first-order valence-corrected chi connectivity index (χ1v) is 10.5. The molecule has 2 aliphatic heterocycles. The minimum atomic E-state index is -0.700. The molecule has 4 rings (SSSR count). The van der Waals surface area contributed by atoms with Gasteiger partial charge in [0, 0.05) is 38.3 Å². The quantitative estimate of drug-likeness (QED) is 0.796. The summed E-state index contributed by atoms with van der Waals surface area (Å²) in [5, 5.41) is 0. The predicted molar refractivity (Wildman–Crippen MR) is 122 cm³/mol. The monoisotopic (exact) mass is 427 g/mol. The van der Waals surface area contributed by atoms with E-state index in [0.717, 1.165) is 42.7 Å². The van der Waals surface area contributed by atoms with E-state index in [-0.39, 0.29) is 30.3 Å². The molecule has 0 saturated carbocycles. The van der Waals surface area contributed by atoms with Gasteiger partial charge in [0.15, 0.2) is 0 Å². The summed E-state index contributed by atoms with van der Waals surface area (Å²) >= 11 is 0. The van der Waals surface area contributed by atoms with Crippen LogP contribution in [0.5, 0.6) is 0 Å². The lowest BCUT2D eigenvalue weighted by atomic mass is 9.73. The number of hydrogen-bond acceptors (Lipinski definition) is 3. The molecule has 6 heteroatoms. The summed E-state index contributed by atoms with van der Waals surface area (Å²) in [7, 11) is 1.84. The first kappa shape index (κ1) is 22.3. The van der Waals surface area contributed by atoms with Crippen molar-refractivity contribution in [1.29, 1.82) is 0 Å². The molecule has 0 bridgehead atoms. The molecule has 1 fully saturated rings. The Morgan fingerprint density at radius 1 is 1.07 bits per heavy atom. The van der Waals surface area contributed by atoms with Crippen LogP contribution in [0, 0.1) is 0 Å². The van der Waals surface area contributed by atoms with Crippen LogP contribution in [0.3, 0.4) is 0 Å². The number of amides is 2. The average Bonchev–Trinajstić information content (AvgIpc) is 2.96. The van der Waals surface area contributed by atoms with Crippen molar-refractivity contribution in [3.8, 4) is 0 Å². The smallest absolute Gasteiger partial charge is 0.237 e. The Labute approximate surface area is 184 Å². The zero-order valence-electron chi connectivity index (χ0n) is 17.4. The summed E-state index contributed by atoms with van der Waals surface area (Å²) in [5.41, 5.74) is 8.37. The van der Waals surface area contributed by atoms with Gasteiger partial charge in [0.2, 0.25) is 11.8 Å². The highest BCUT2D eigenvalue weighted by atomic mass is 35.5. The first-order valence-electron chi connectivity index (χ1n) is 10.5. The number of benzene rings is 2. The molecule has 0 spiro atoms. The molecule has 1 saturated heterocycles. The number of nitrogens with two attached hydrogens (primary N) is 1. The van der Waals surface area contributed by atoms with Crippen LogP contribution in [-0.4, -0.2) is 42.9 Å². The number of halogens is 1. The number of rotatable bonds is 5. The number of hydrogen-bond donors (Lipinski definition) is 1. The van der Waals surface area contributed by atoms with E-state index in [4.69, 9.17) is 5.73 Å². The van der Waals surface area contributed by atoms with Gasteiger partial charge < -0.3 is 15.5 Å². The fourth-order valence-electron chi connectivity index (χ4n) is 4.79. The summed E-state index contributed by atoms with van der Waals surface area (Å²) in [4.78, 5) is 30.1. The van der Waals surface area contributed by atoms with Gasteiger partial charge in [-0.25, -0.2) is 0 Å². The Morgan fingerprint density at radius 2 is 1.70 bits per heavy atom. The lowest BCUT2D eigenvalue weighted by Gasteiger charge is -2.32. The van der Waals surface area contributed by atoms with E-state index in [0.29, 0.717) is 19.3 Å². The molecule has 30 heavy (non-hydrogen) atoms. The SMILES string of the molecule is CN1C(=O)C(CCC(=O)N2CCC(N)CC2)(Cc2ccccc2)c2ccccc21.Cl. The highest BCUT2D eigenvalue weighted by molar-refractivity contribution is 6.08. The summed E-state index contributed by atoms with van der Waals surface area (Å²) in [6.07, 6.45) is 3.20. The molecule has 160 valence electrons. The van der Waals surface area contributed by atoms with Gasteiger partial charge in [-0.1, -0.05) is 48.5 Å². The molecule has 2 heterocycles. The van der Waals surface area contributed by atoms with E-state index in [9.17, 15) is 9.59 Å². The summed E-state index contributed by atoms with van der Waals surface area (Å²) in [6.45, 7) is 1.44.